The average Bonchev–Trinajstić information content (AvgIpc) is 2.70. The molecule has 1 aliphatic heterocycles. The molecule has 5 nitrogen and oxygen atoms in total. The number of urea groups is 1. The van der Waals surface area contributed by atoms with E-state index in [1.54, 1.807) is 6.92 Å². The van der Waals surface area contributed by atoms with Crippen molar-refractivity contribution < 1.29 is 14.4 Å². The van der Waals surface area contributed by atoms with Gasteiger partial charge < -0.3 is 5.32 Å². The van der Waals surface area contributed by atoms with Crippen molar-refractivity contribution in [1.82, 2.24) is 10.2 Å². The number of hydrogen-bond donors (Lipinski definition) is 1. The zero-order chi connectivity index (χ0) is 15.9. The van der Waals surface area contributed by atoms with E-state index in [1.165, 1.54) is 6.92 Å². The first-order valence-electron chi connectivity index (χ1n) is 7.05. The van der Waals surface area contributed by atoms with Gasteiger partial charge >= 0.3 is 6.03 Å². The van der Waals surface area contributed by atoms with E-state index in [1.807, 2.05) is 42.5 Å². The molecule has 112 valence electrons. The van der Waals surface area contributed by atoms with E-state index >= 15 is 0 Å². The number of benzene rings is 2. The summed E-state index contributed by atoms with van der Waals surface area (Å²) in [6.07, 6.45) is 0. The fourth-order valence-electron chi connectivity index (χ4n) is 2.91. The summed E-state index contributed by atoms with van der Waals surface area (Å²) in [5.41, 5.74) is -0.428. The second-order valence-corrected chi connectivity index (χ2v) is 5.68. The highest BCUT2D eigenvalue weighted by molar-refractivity contribution is 6.10. The molecule has 2 aromatic carbocycles. The van der Waals surface area contributed by atoms with Crippen LogP contribution >= 0.6 is 0 Å². The SMILES string of the molecule is CC(=O)CN1C(=O)N[C@@](C)(c2cccc3ccccc23)C1=O. The number of ketones is 1. The van der Waals surface area contributed by atoms with Crippen LogP contribution in [-0.4, -0.2) is 29.2 Å². The Kier molecular flexibility index (Phi) is 3.20. The van der Waals surface area contributed by atoms with Crippen molar-refractivity contribution in [1.29, 1.82) is 0 Å². The van der Waals surface area contributed by atoms with Gasteiger partial charge in [0.15, 0.2) is 0 Å². The molecule has 1 heterocycles. The zero-order valence-electron chi connectivity index (χ0n) is 12.4. The van der Waals surface area contributed by atoms with Crippen LogP contribution in [0.2, 0.25) is 0 Å². The maximum Gasteiger partial charge on any atom is 0.325 e. The normalized spacial score (nSPS) is 21.3. The summed E-state index contributed by atoms with van der Waals surface area (Å²) in [5.74, 6) is -0.630. The minimum atomic E-state index is -1.16. The molecule has 3 rings (SSSR count). The molecule has 1 aliphatic rings. The zero-order valence-corrected chi connectivity index (χ0v) is 12.4. The van der Waals surface area contributed by atoms with E-state index < -0.39 is 17.5 Å². The predicted molar refractivity (Wildman–Crippen MR) is 82.2 cm³/mol. The summed E-state index contributed by atoms with van der Waals surface area (Å²) < 4.78 is 0. The van der Waals surface area contributed by atoms with Gasteiger partial charge in [-0.05, 0) is 30.2 Å². The van der Waals surface area contributed by atoms with Crippen LogP contribution in [-0.2, 0) is 15.1 Å². The van der Waals surface area contributed by atoms with Crippen molar-refractivity contribution in [3.05, 3.63) is 48.0 Å². The van der Waals surface area contributed by atoms with Gasteiger partial charge in [0.1, 0.15) is 11.3 Å². The Morgan fingerprint density at radius 1 is 1.14 bits per heavy atom. The monoisotopic (exact) mass is 296 g/mol. The van der Waals surface area contributed by atoms with E-state index in [-0.39, 0.29) is 12.3 Å². The Morgan fingerprint density at radius 3 is 2.55 bits per heavy atom. The molecule has 1 fully saturated rings. The van der Waals surface area contributed by atoms with Crippen molar-refractivity contribution >= 4 is 28.5 Å². The molecular formula is C17H16N2O3. The predicted octanol–water partition coefficient (Wildman–Crippen LogP) is 2.20. The number of Topliss-reactive ketones (excluding diaryl/α,β-unsaturated/α-hetero) is 1. The van der Waals surface area contributed by atoms with Crippen LogP contribution in [0.5, 0.6) is 0 Å². The summed E-state index contributed by atoms with van der Waals surface area (Å²) >= 11 is 0. The molecule has 3 amide bonds. The molecule has 1 N–H and O–H groups in total. The Morgan fingerprint density at radius 2 is 1.82 bits per heavy atom. The van der Waals surface area contributed by atoms with Gasteiger partial charge in [-0.1, -0.05) is 42.5 Å². The lowest BCUT2D eigenvalue weighted by atomic mass is 9.88. The quantitative estimate of drug-likeness (QED) is 0.883. The second-order valence-electron chi connectivity index (χ2n) is 5.68. The topological polar surface area (TPSA) is 66.5 Å². The molecular weight excluding hydrogens is 280 g/mol. The third-order valence-corrected chi connectivity index (χ3v) is 3.98. The molecule has 0 bridgehead atoms. The molecule has 2 aromatic rings. The van der Waals surface area contributed by atoms with E-state index in [2.05, 4.69) is 5.32 Å². The second kappa shape index (κ2) is 4.94. The van der Waals surface area contributed by atoms with Crippen LogP contribution in [0.15, 0.2) is 42.5 Å². The van der Waals surface area contributed by atoms with Crippen LogP contribution in [0, 0.1) is 0 Å². The number of amides is 3. The van der Waals surface area contributed by atoms with Gasteiger partial charge in [-0.3, -0.25) is 14.5 Å². The van der Waals surface area contributed by atoms with Crippen molar-refractivity contribution in [2.24, 2.45) is 0 Å². The highest BCUT2D eigenvalue weighted by atomic mass is 16.2. The van der Waals surface area contributed by atoms with Gasteiger partial charge in [0.2, 0.25) is 0 Å². The van der Waals surface area contributed by atoms with E-state index in [0.29, 0.717) is 0 Å². The van der Waals surface area contributed by atoms with Gasteiger partial charge in [0, 0.05) is 0 Å². The third kappa shape index (κ3) is 2.06. The number of fused-ring (bicyclic) bond motifs is 1. The van der Waals surface area contributed by atoms with Crippen LogP contribution < -0.4 is 5.32 Å². The minimum Gasteiger partial charge on any atom is -0.319 e. The summed E-state index contributed by atoms with van der Waals surface area (Å²) in [6, 6.07) is 12.8. The Labute approximate surface area is 127 Å². The van der Waals surface area contributed by atoms with Gasteiger partial charge in [0.25, 0.3) is 5.91 Å². The smallest absolute Gasteiger partial charge is 0.319 e. The summed E-state index contributed by atoms with van der Waals surface area (Å²) in [7, 11) is 0. The fourth-order valence-corrected chi connectivity index (χ4v) is 2.91. The van der Waals surface area contributed by atoms with E-state index in [9.17, 15) is 14.4 Å². The maximum absolute atomic E-state index is 12.7. The van der Waals surface area contributed by atoms with Crippen LogP contribution in [0.4, 0.5) is 4.79 Å². The van der Waals surface area contributed by atoms with E-state index in [0.717, 1.165) is 21.2 Å². The van der Waals surface area contributed by atoms with Crippen molar-refractivity contribution in [2.75, 3.05) is 6.54 Å². The van der Waals surface area contributed by atoms with Gasteiger partial charge in [0.05, 0.1) is 6.54 Å². The number of rotatable bonds is 3. The Bertz CT molecular complexity index is 794. The molecule has 0 saturated carbocycles. The molecule has 1 saturated heterocycles. The molecule has 0 aliphatic carbocycles. The molecule has 0 unspecified atom stereocenters. The van der Waals surface area contributed by atoms with Gasteiger partial charge in [-0.15, -0.1) is 0 Å². The third-order valence-electron chi connectivity index (χ3n) is 3.98. The van der Waals surface area contributed by atoms with Crippen LogP contribution in [0.1, 0.15) is 19.4 Å². The fraction of sp³-hybridized carbons (Fsp3) is 0.235. The van der Waals surface area contributed by atoms with E-state index in [4.69, 9.17) is 0 Å². The van der Waals surface area contributed by atoms with Crippen molar-refractivity contribution in [2.45, 2.75) is 19.4 Å². The number of imide groups is 1. The summed E-state index contributed by atoms with van der Waals surface area (Å²) in [6.45, 7) is 2.83. The molecule has 22 heavy (non-hydrogen) atoms. The molecule has 0 radical (unpaired) electrons. The number of carbonyl (C=O) groups excluding carboxylic acids is 3. The lowest BCUT2D eigenvalue weighted by Crippen LogP contribution is -2.41. The minimum absolute atomic E-state index is 0.203. The number of nitrogens with one attached hydrogen (secondary N) is 1. The lowest BCUT2D eigenvalue weighted by Gasteiger charge is -2.23. The van der Waals surface area contributed by atoms with Gasteiger partial charge in [-0.25, -0.2) is 4.79 Å². The first-order chi connectivity index (χ1) is 10.4. The molecule has 0 spiro atoms. The maximum atomic E-state index is 12.7. The lowest BCUT2D eigenvalue weighted by molar-refractivity contribution is -0.133. The largest absolute Gasteiger partial charge is 0.325 e. The Balaban J connectivity index is 2.12. The molecule has 1 atom stereocenters. The molecule has 0 aromatic heterocycles. The number of nitrogens with zero attached hydrogens (tertiary/aromatic N) is 1. The summed E-state index contributed by atoms with van der Waals surface area (Å²) in [5, 5.41) is 4.63. The number of carbonyl (C=O) groups is 3. The van der Waals surface area contributed by atoms with Crippen molar-refractivity contribution in [3.8, 4) is 0 Å². The highest BCUT2D eigenvalue weighted by Crippen LogP contribution is 2.33. The summed E-state index contributed by atoms with van der Waals surface area (Å²) in [4.78, 5) is 37.0. The number of hydrogen-bond acceptors (Lipinski definition) is 3. The first kappa shape index (κ1) is 14.3. The van der Waals surface area contributed by atoms with Crippen molar-refractivity contribution in [3.63, 3.8) is 0 Å². The first-order valence-corrected chi connectivity index (χ1v) is 7.05. The molecule has 5 heteroatoms. The van der Waals surface area contributed by atoms with Crippen LogP contribution in [0.25, 0.3) is 10.8 Å². The average molecular weight is 296 g/mol. The Hall–Kier alpha value is -2.69. The standard InChI is InChI=1S/C17H16N2O3/c1-11(20)10-19-15(21)17(2,18-16(19)22)14-9-5-7-12-6-3-4-8-13(12)14/h3-9H,10H2,1-2H3,(H,18,22)/t17-/m0/s1. The van der Waals surface area contributed by atoms with Gasteiger partial charge in [-0.2, -0.15) is 0 Å². The highest BCUT2D eigenvalue weighted by Gasteiger charge is 2.49. The van der Waals surface area contributed by atoms with Crippen LogP contribution in [0.3, 0.4) is 0 Å².